The third-order valence-corrected chi connectivity index (χ3v) is 3.07. The van der Waals surface area contributed by atoms with Crippen molar-refractivity contribution in [3.63, 3.8) is 0 Å². The number of hydrogen-bond acceptors (Lipinski definition) is 2. The van der Waals surface area contributed by atoms with Gasteiger partial charge in [0.25, 0.3) is 0 Å². The molecule has 0 unspecified atom stereocenters. The number of aryl methyl sites for hydroxylation is 1. The Labute approximate surface area is 113 Å². The Morgan fingerprint density at radius 2 is 1.89 bits per heavy atom. The van der Waals surface area contributed by atoms with Gasteiger partial charge in [-0.1, -0.05) is 30.3 Å². The van der Waals surface area contributed by atoms with E-state index in [-0.39, 0.29) is 5.82 Å². The molecule has 2 nitrogen and oxygen atoms in total. The first kappa shape index (κ1) is 13.6. The number of nitrogens with one attached hydrogen (secondary N) is 1. The van der Waals surface area contributed by atoms with Gasteiger partial charge in [-0.3, -0.25) is 0 Å². The fourth-order valence-corrected chi connectivity index (χ4v) is 1.94. The average molecular weight is 259 g/mol. The van der Waals surface area contributed by atoms with Crippen molar-refractivity contribution in [3.05, 3.63) is 65.0 Å². The molecule has 19 heavy (non-hydrogen) atoms. The largest absolute Gasteiger partial charge is 0.496 e. The van der Waals surface area contributed by atoms with E-state index < -0.39 is 0 Å². The standard InChI is InChI=1S/C16H18FNO/c1-12-7-8-13(9-15(12)17)10-18-11-14-5-3-4-6-16(14)19-2/h3-9,18H,10-11H2,1-2H3. The molecule has 0 radical (unpaired) electrons. The summed E-state index contributed by atoms with van der Waals surface area (Å²) in [6.07, 6.45) is 0. The third-order valence-electron chi connectivity index (χ3n) is 3.07. The Balaban J connectivity index is 1.94. The minimum absolute atomic E-state index is 0.156. The monoisotopic (exact) mass is 259 g/mol. The number of para-hydroxylation sites is 1. The lowest BCUT2D eigenvalue weighted by atomic mass is 10.1. The summed E-state index contributed by atoms with van der Waals surface area (Å²) in [5.41, 5.74) is 2.71. The Hall–Kier alpha value is -1.87. The maximum Gasteiger partial charge on any atom is 0.126 e. The smallest absolute Gasteiger partial charge is 0.126 e. The van der Waals surface area contributed by atoms with Crippen molar-refractivity contribution in [3.8, 4) is 5.75 Å². The summed E-state index contributed by atoms with van der Waals surface area (Å²) in [6, 6.07) is 13.2. The number of ether oxygens (including phenoxy) is 1. The minimum Gasteiger partial charge on any atom is -0.496 e. The van der Waals surface area contributed by atoms with Crippen LogP contribution in [0.1, 0.15) is 16.7 Å². The van der Waals surface area contributed by atoms with Crippen molar-refractivity contribution in [1.29, 1.82) is 0 Å². The summed E-state index contributed by atoms with van der Waals surface area (Å²) in [4.78, 5) is 0. The van der Waals surface area contributed by atoms with E-state index in [1.807, 2.05) is 30.3 Å². The van der Waals surface area contributed by atoms with E-state index in [2.05, 4.69) is 5.32 Å². The van der Waals surface area contributed by atoms with Crippen LogP contribution in [0.3, 0.4) is 0 Å². The zero-order valence-corrected chi connectivity index (χ0v) is 11.2. The van der Waals surface area contributed by atoms with Crippen LogP contribution >= 0.6 is 0 Å². The van der Waals surface area contributed by atoms with Crippen LogP contribution < -0.4 is 10.1 Å². The number of benzene rings is 2. The normalized spacial score (nSPS) is 10.5. The molecule has 0 aromatic heterocycles. The molecule has 2 aromatic carbocycles. The van der Waals surface area contributed by atoms with Crippen molar-refractivity contribution in [1.82, 2.24) is 5.32 Å². The fraction of sp³-hybridized carbons (Fsp3) is 0.250. The maximum atomic E-state index is 13.4. The molecule has 0 heterocycles. The predicted octanol–water partition coefficient (Wildman–Crippen LogP) is 3.43. The lowest BCUT2D eigenvalue weighted by Gasteiger charge is -2.09. The fourth-order valence-electron chi connectivity index (χ4n) is 1.94. The Bertz CT molecular complexity index is 554. The van der Waals surface area contributed by atoms with Crippen LogP contribution in [0.4, 0.5) is 4.39 Å². The van der Waals surface area contributed by atoms with Crippen molar-refractivity contribution < 1.29 is 9.13 Å². The van der Waals surface area contributed by atoms with Gasteiger partial charge in [-0.15, -0.1) is 0 Å². The van der Waals surface area contributed by atoms with E-state index in [0.717, 1.165) is 16.9 Å². The van der Waals surface area contributed by atoms with Crippen LogP contribution in [0.2, 0.25) is 0 Å². The van der Waals surface area contributed by atoms with Crippen molar-refractivity contribution in [2.24, 2.45) is 0 Å². The minimum atomic E-state index is -0.156. The number of rotatable bonds is 5. The van der Waals surface area contributed by atoms with Crippen LogP contribution in [-0.4, -0.2) is 7.11 Å². The van der Waals surface area contributed by atoms with E-state index >= 15 is 0 Å². The molecule has 0 amide bonds. The summed E-state index contributed by atoms with van der Waals surface area (Å²) < 4.78 is 18.7. The van der Waals surface area contributed by atoms with Crippen molar-refractivity contribution in [2.45, 2.75) is 20.0 Å². The van der Waals surface area contributed by atoms with Crippen molar-refractivity contribution in [2.75, 3.05) is 7.11 Å². The second-order valence-corrected chi connectivity index (χ2v) is 4.50. The first-order valence-corrected chi connectivity index (χ1v) is 6.28. The average Bonchev–Trinajstić information content (AvgIpc) is 2.43. The second kappa shape index (κ2) is 6.34. The highest BCUT2D eigenvalue weighted by atomic mass is 19.1. The molecule has 3 heteroatoms. The van der Waals surface area contributed by atoms with Gasteiger partial charge in [-0.2, -0.15) is 0 Å². The molecule has 0 aliphatic carbocycles. The molecule has 0 spiro atoms. The van der Waals surface area contributed by atoms with E-state index in [1.54, 1.807) is 26.2 Å². The topological polar surface area (TPSA) is 21.3 Å². The highest BCUT2D eigenvalue weighted by Gasteiger charge is 2.02. The summed E-state index contributed by atoms with van der Waals surface area (Å²) in [6.45, 7) is 3.09. The molecule has 0 fully saturated rings. The molecule has 0 aliphatic rings. The van der Waals surface area contributed by atoms with Gasteiger partial charge in [0.15, 0.2) is 0 Å². The quantitative estimate of drug-likeness (QED) is 0.888. The molecular formula is C16H18FNO. The predicted molar refractivity (Wildman–Crippen MR) is 74.7 cm³/mol. The van der Waals surface area contributed by atoms with Crippen LogP contribution in [0, 0.1) is 12.7 Å². The zero-order valence-electron chi connectivity index (χ0n) is 11.2. The van der Waals surface area contributed by atoms with Gasteiger partial charge in [0, 0.05) is 18.7 Å². The first-order valence-electron chi connectivity index (χ1n) is 6.28. The summed E-state index contributed by atoms with van der Waals surface area (Å²) in [7, 11) is 1.66. The third kappa shape index (κ3) is 3.55. The van der Waals surface area contributed by atoms with E-state index in [0.29, 0.717) is 18.7 Å². The van der Waals surface area contributed by atoms with E-state index in [4.69, 9.17) is 4.74 Å². The zero-order chi connectivity index (χ0) is 13.7. The van der Waals surface area contributed by atoms with Crippen LogP contribution in [-0.2, 0) is 13.1 Å². The molecule has 100 valence electrons. The van der Waals surface area contributed by atoms with E-state index in [1.165, 1.54) is 0 Å². The second-order valence-electron chi connectivity index (χ2n) is 4.50. The summed E-state index contributed by atoms with van der Waals surface area (Å²) >= 11 is 0. The lowest BCUT2D eigenvalue weighted by Crippen LogP contribution is -2.13. The molecule has 0 saturated carbocycles. The van der Waals surface area contributed by atoms with Crippen molar-refractivity contribution >= 4 is 0 Å². The van der Waals surface area contributed by atoms with Gasteiger partial charge in [0.2, 0.25) is 0 Å². The molecular weight excluding hydrogens is 241 g/mol. The van der Waals surface area contributed by atoms with Gasteiger partial charge in [-0.25, -0.2) is 4.39 Å². The molecule has 0 saturated heterocycles. The van der Waals surface area contributed by atoms with Crippen LogP contribution in [0.15, 0.2) is 42.5 Å². The summed E-state index contributed by atoms with van der Waals surface area (Å²) in [5.74, 6) is 0.710. The molecule has 2 aromatic rings. The van der Waals surface area contributed by atoms with Gasteiger partial charge in [0.1, 0.15) is 11.6 Å². The molecule has 0 aliphatic heterocycles. The Kier molecular flexibility index (Phi) is 4.53. The van der Waals surface area contributed by atoms with Crippen LogP contribution in [0.25, 0.3) is 0 Å². The van der Waals surface area contributed by atoms with Gasteiger partial charge < -0.3 is 10.1 Å². The number of methoxy groups -OCH3 is 1. The highest BCUT2D eigenvalue weighted by Crippen LogP contribution is 2.17. The first-order chi connectivity index (χ1) is 9.20. The van der Waals surface area contributed by atoms with Crippen LogP contribution in [0.5, 0.6) is 5.75 Å². The maximum absolute atomic E-state index is 13.4. The Morgan fingerprint density at radius 1 is 1.11 bits per heavy atom. The van der Waals surface area contributed by atoms with Gasteiger partial charge in [-0.05, 0) is 30.2 Å². The number of hydrogen-bond donors (Lipinski definition) is 1. The molecule has 1 N–H and O–H groups in total. The molecule has 0 bridgehead atoms. The van der Waals surface area contributed by atoms with E-state index in [9.17, 15) is 4.39 Å². The van der Waals surface area contributed by atoms with Gasteiger partial charge in [0.05, 0.1) is 7.11 Å². The highest BCUT2D eigenvalue weighted by molar-refractivity contribution is 5.33. The molecule has 0 atom stereocenters. The molecule has 2 rings (SSSR count). The Morgan fingerprint density at radius 3 is 2.63 bits per heavy atom. The lowest BCUT2D eigenvalue weighted by molar-refractivity contribution is 0.407. The van der Waals surface area contributed by atoms with Gasteiger partial charge >= 0.3 is 0 Å². The number of halogens is 1. The SMILES string of the molecule is COc1ccccc1CNCc1ccc(C)c(F)c1. The summed E-state index contributed by atoms with van der Waals surface area (Å²) in [5, 5.41) is 3.29.